The summed E-state index contributed by atoms with van der Waals surface area (Å²) >= 11 is 1.80. The number of hydrogen-bond acceptors (Lipinski definition) is 3. The van der Waals surface area contributed by atoms with Crippen molar-refractivity contribution in [3.8, 4) is 45.1 Å². The second kappa shape index (κ2) is 12.5. The molecule has 0 N–H and O–H groups in total. The van der Waals surface area contributed by atoms with Gasteiger partial charge in [0.15, 0.2) is 0 Å². The molecule has 13 rings (SSSR count). The van der Waals surface area contributed by atoms with Gasteiger partial charge in [0.05, 0.1) is 33.3 Å². The van der Waals surface area contributed by atoms with E-state index in [9.17, 15) is 0 Å². The van der Waals surface area contributed by atoms with Gasteiger partial charge in [-0.05, 0) is 99.8 Å². The zero-order chi connectivity index (χ0) is 38.6. The van der Waals surface area contributed by atoms with Gasteiger partial charge in [-0.1, -0.05) is 139 Å². The van der Waals surface area contributed by atoms with Crippen LogP contribution in [0.1, 0.15) is 0 Å². The molecule has 5 heteroatoms. The molecule has 0 radical (unpaired) electrons. The van der Waals surface area contributed by atoms with Crippen molar-refractivity contribution in [3.05, 3.63) is 194 Å². The molecule has 9 aromatic carbocycles. The fraction of sp³-hybridized carbons (Fsp3) is 0. The van der Waals surface area contributed by atoms with E-state index in [2.05, 4.69) is 203 Å². The minimum Gasteiger partial charge on any atom is -0.309 e. The second-order valence-corrected chi connectivity index (χ2v) is 16.5. The van der Waals surface area contributed by atoms with Gasteiger partial charge < -0.3 is 4.57 Å². The van der Waals surface area contributed by atoms with Crippen molar-refractivity contribution in [1.29, 1.82) is 0 Å². The van der Waals surface area contributed by atoms with Gasteiger partial charge in [0.1, 0.15) is 0 Å². The Morgan fingerprint density at radius 2 is 1.03 bits per heavy atom. The quantitative estimate of drug-likeness (QED) is 0.179. The van der Waals surface area contributed by atoms with Gasteiger partial charge in [0.25, 0.3) is 0 Å². The first kappa shape index (κ1) is 32.6. The van der Waals surface area contributed by atoms with Gasteiger partial charge in [-0.25, -0.2) is 9.97 Å². The summed E-state index contributed by atoms with van der Waals surface area (Å²) in [5, 5.41) is 8.39. The molecule has 3 aromatic heterocycles. The highest BCUT2D eigenvalue weighted by atomic mass is 32.2. The monoisotopic (exact) mass is 768 g/mol. The maximum Gasteiger partial charge on any atom is 0.235 e. The maximum atomic E-state index is 5.43. The lowest BCUT2D eigenvalue weighted by Gasteiger charge is -2.20. The zero-order valence-electron chi connectivity index (χ0n) is 31.7. The smallest absolute Gasteiger partial charge is 0.235 e. The highest BCUT2D eigenvalue weighted by Gasteiger charge is 2.24. The number of aromatic nitrogens is 4. The molecule has 0 saturated heterocycles. The van der Waals surface area contributed by atoms with Crippen molar-refractivity contribution in [2.45, 2.75) is 9.79 Å². The summed E-state index contributed by atoms with van der Waals surface area (Å²) in [6, 6.07) is 70.3. The van der Waals surface area contributed by atoms with Gasteiger partial charge in [-0.3, -0.25) is 4.57 Å². The van der Waals surface area contributed by atoms with Gasteiger partial charge in [-0.2, -0.15) is 0 Å². The first-order valence-corrected chi connectivity index (χ1v) is 20.8. The lowest BCUT2D eigenvalue weighted by atomic mass is 9.99. The van der Waals surface area contributed by atoms with E-state index in [0.29, 0.717) is 5.95 Å². The van der Waals surface area contributed by atoms with Crippen molar-refractivity contribution < 1.29 is 0 Å². The van der Waals surface area contributed by atoms with E-state index in [1.165, 1.54) is 75.4 Å². The third-order valence-electron chi connectivity index (χ3n) is 12.1. The van der Waals surface area contributed by atoms with Crippen LogP contribution >= 0.6 is 11.8 Å². The van der Waals surface area contributed by atoms with Crippen LogP contribution in [-0.4, -0.2) is 19.1 Å². The largest absolute Gasteiger partial charge is 0.309 e. The lowest BCUT2D eigenvalue weighted by Crippen LogP contribution is -2.05. The molecule has 0 spiro atoms. The summed E-state index contributed by atoms with van der Waals surface area (Å²) < 4.78 is 4.68. The van der Waals surface area contributed by atoms with Crippen LogP contribution in [0.5, 0.6) is 0 Å². The van der Waals surface area contributed by atoms with Crippen molar-refractivity contribution in [3.63, 3.8) is 0 Å². The SMILES string of the molecule is c1ccc(-c2cccc(-n3c4ccccc4c4cc(-c5ccc6c(c5)c5c7ccccc7ccc5n6-c5nc6c7c(cccc7n5)Sc5ccccc5-6)ccc43)c2)cc1. The number of benzene rings is 9. The normalized spacial score (nSPS) is 12.3. The highest BCUT2D eigenvalue weighted by Crippen LogP contribution is 2.47. The van der Waals surface area contributed by atoms with Gasteiger partial charge in [0.2, 0.25) is 5.95 Å². The fourth-order valence-electron chi connectivity index (χ4n) is 9.46. The van der Waals surface area contributed by atoms with Crippen LogP contribution in [0.15, 0.2) is 204 Å². The molecule has 0 unspecified atom stereocenters. The van der Waals surface area contributed by atoms with Crippen LogP contribution in [0.4, 0.5) is 0 Å². The molecule has 4 heterocycles. The first-order valence-electron chi connectivity index (χ1n) is 20.0. The number of fused-ring (bicyclic) bond motifs is 10. The summed E-state index contributed by atoms with van der Waals surface area (Å²) in [5.74, 6) is 0.681. The minimum absolute atomic E-state index is 0.681. The predicted octanol–water partition coefficient (Wildman–Crippen LogP) is 14.4. The second-order valence-electron chi connectivity index (χ2n) is 15.4. The molecule has 0 saturated carbocycles. The van der Waals surface area contributed by atoms with E-state index >= 15 is 0 Å². The number of nitrogens with zero attached hydrogens (tertiary/aromatic N) is 4. The summed E-state index contributed by atoms with van der Waals surface area (Å²) in [6.45, 7) is 0. The number of para-hydroxylation sites is 1. The maximum absolute atomic E-state index is 5.43. The van der Waals surface area contributed by atoms with E-state index in [1.807, 2.05) is 0 Å². The summed E-state index contributed by atoms with van der Waals surface area (Å²) in [6.07, 6.45) is 0. The average molecular weight is 769 g/mol. The van der Waals surface area contributed by atoms with Crippen LogP contribution in [0.3, 0.4) is 0 Å². The van der Waals surface area contributed by atoms with Crippen LogP contribution in [0, 0.1) is 0 Å². The van der Waals surface area contributed by atoms with Crippen molar-refractivity contribution in [1.82, 2.24) is 19.1 Å². The first-order chi connectivity index (χ1) is 29.2. The van der Waals surface area contributed by atoms with Crippen molar-refractivity contribution in [2.24, 2.45) is 0 Å². The topological polar surface area (TPSA) is 35.6 Å². The van der Waals surface area contributed by atoms with Crippen molar-refractivity contribution in [2.75, 3.05) is 0 Å². The van der Waals surface area contributed by atoms with Gasteiger partial charge in [-0.15, -0.1) is 0 Å². The number of rotatable bonds is 4. The Hall–Kier alpha value is -7.47. The number of hydrogen-bond donors (Lipinski definition) is 0. The molecule has 0 bridgehead atoms. The fourth-order valence-corrected chi connectivity index (χ4v) is 10.6. The van der Waals surface area contributed by atoms with Crippen LogP contribution in [0.2, 0.25) is 0 Å². The van der Waals surface area contributed by atoms with Crippen LogP contribution in [-0.2, 0) is 0 Å². The highest BCUT2D eigenvalue weighted by molar-refractivity contribution is 7.99. The van der Waals surface area contributed by atoms with Crippen molar-refractivity contribution >= 4 is 77.0 Å². The van der Waals surface area contributed by atoms with E-state index in [4.69, 9.17) is 9.97 Å². The Labute approximate surface area is 343 Å². The molecule has 0 atom stereocenters. The summed E-state index contributed by atoms with van der Waals surface area (Å²) in [4.78, 5) is 13.1. The lowest BCUT2D eigenvalue weighted by molar-refractivity contribution is 1.01. The summed E-state index contributed by atoms with van der Waals surface area (Å²) in [5.41, 5.74) is 13.5. The molecule has 0 fully saturated rings. The molecule has 1 aliphatic heterocycles. The van der Waals surface area contributed by atoms with E-state index in [0.717, 1.165) is 38.9 Å². The van der Waals surface area contributed by atoms with E-state index in [1.54, 1.807) is 11.8 Å². The van der Waals surface area contributed by atoms with Crippen LogP contribution in [0.25, 0.3) is 110 Å². The minimum atomic E-state index is 0.681. The Morgan fingerprint density at radius 3 is 1.93 bits per heavy atom. The Balaban J connectivity index is 1.03. The molecule has 1 aliphatic rings. The third kappa shape index (κ3) is 4.86. The Bertz CT molecular complexity index is 3710. The molecular formula is C54H32N4S. The molecule has 0 aliphatic carbocycles. The third-order valence-corrected chi connectivity index (χ3v) is 13.2. The summed E-state index contributed by atoms with van der Waals surface area (Å²) in [7, 11) is 0. The Kier molecular flexibility index (Phi) is 6.91. The molecular weight excluding hydrogens is 737 g/mol. The Morgan fingerprint density at radius 1 is 0.373 bits per heavy atom. The van der Waals surface area contributed by atoms with E-state index < -0.39 is 0 Å². The van der Waals surface area contributed by atoms with Gasteiger partial charge in [0, 0.05) is 48.0 Å². The molecule has 12 aromatic rings. The molecule has 0 amide bonds. The van der Waals surface area contributed by atoms with E-state index in [-0.39, 0.29) is 0 Å². The molecule has 4 nitrogen and oxygen atoms in total. The zero-order valence-corrected chi connectivity index (χ0v) is 32.5. The molecule has 59 heavy (non-hydrogen) atoms. The molecule has 274 valence electrons. The standard InChI is InChI=1S/C54H32N4S/c1-2-12-33(13-3-1)35-15-10-16-38(30-35)57-45-21-8-6-18-40(45)42-31-36(25-27-46(42)57)37-26-28-47-43(32-37)51-39-17-5-4-14-34(39)24-29-48(51)58(47)54-55-44-20-11-23-50-52(44)53(56-54)41-19-7-9-22-49(41)59-50/h1-32H. The average Bonchev–Trinajstić information content (AvgIpc) is 3.82. The van der Waals surface area contributed by atoms with Gasteiger partial charge >= 0.3 is 0 Å². The van der Waals surface area contributed by atoms with Crippen LogP contribution < -0.4 is 0 Å². The predicted molar refractivity (Wildman–Crippen MR) is 246 cm³/mol.